The number of fused-ring (bicyclic) bond motifs is 1. The van der Waals surface area contributed by atoms with E-state index in [0.717, 1.165) is 31.5 Å². The number of rotatable bonds is 3. The lowest BCUT2D eigenvalue weighted by molar-refractivity contribution is -0.384. The molecule has 0 radical (unpaired) electrons. The molecule has 2 fully saturated rings. The summed E-state index contributed by atoms with van der Waals surface area (Å²) in [6.45, 7) is 0.736. The van der Waals surface area contributed by atoms with Gasteiger partial charge in [-0.15, -0.1) is 0 Å². The first-order chi connectivity index (χ1) is 9.58. The van der Waals surface area contributed by atoms with Crippen molar-refractivity contribution in [2.75, 3.05) is 11.4 Å². The van der Waals surface area contributed by atoms with E-state index in [2.05, 4.69) is 0 Å². The van der Waals surface area contributed by atoms with Gasteiger partial charge in [-0.1, -0.05) is 6.42 Å². The minimum absolute atomic E-state index is 0.0278. The lowest BCUT2D eigenvalue weighted by atomic mass is 9.94. The predicted molar refractivity (Wildman–Crippen MR) is 72.7 cm³/mol. The molecule has 106 valence electrons. The average Bonchev–Trinajstić information content (AvgIpc) is 2.97. The predicted octanol–water partition coefficient (Wildman–Crippen LogP) is 2.28. The fourth-order valence-electron chi connectivity index (χ4n) is 3.65. The largest absolute Gasteiger partial charge is 0.480 e. The molecule has 1 saturated carbocycles. The molecule has 2 aliphatic rings. The Morgan fingerprint density at radius 2 is 2.00 bits per heavy atom. The minimum Gasteiger partial charge on any atom is -0.480 e. The molecule has 3 rings (SSSR count). The molecule has 0 amide bonds. The molecule has 1 N–H and O–H groups in total. The smallest absolute Gasteiger partial charge is 0.326 e. The zero-order valence-corrected chi connectivity index (χ0v) is 10.9. The fourth-order valence-corrected chi connectivity index (χ4v) is 3.65. The number of hydrogen-bond acceptors (Lipinski definition) is 4. The molecule has 0 bridgehead atoms. The summed E-state index contributed by atoms with van der Waals surface area (Å²) in [5.74, 6) is -0.147. The third kappa shape index (κ3) is 2.01. The summed E-state index contributed by atoms with van der Waals surface area (Å²) in [7, 11) is 0. The monoisotopic (exact) mass is 276 g/mol. The van der Waals surface area contributed by atoms with E-state index in [-0.39, 0.29) is 11.6 Å². The number of nitro benzene ring substituents is 1. The van der Waals surface area contributed by atoms with Crippen molar-refractivity contribution in [3.8, 4) is 0 Å². The second kappa shape index (κ2) is 4.77. The van der Waals surface area contributed by atoms with Gasteiger partial charge in [0.05, 0.1) is 4.92 Å². The molecule has 1 aromatic rings. The Hall–Kier alpha value is -2.11. The van der Waals surface area contributed by atoms with Gasteiger partial charge in [0.1, 0.15) is 6.04 Å². The SMILES string of the molecule is O=C(O)C1C2CCCC2CN1c1ccc([N+](=O)[O-])cc1. The lowest BCUT2D eigenvalue weighted by Crippen LogP contribution is -2.39. The first kappa shape index (κ1) is 12.9. The number of anilines is 1. The Kier molecular flexibility index (Phi) is 3.08. The van der Waals surface area contributed by atoms with E-state index in [9.17, 15) is 20.0 Å². The summed E-state index contributed by atoms with van der Waals surface area (Å²) in [4.78, 5) is 23.7. The topological polar surface area (TPSA) is 83.7 Å². The highest BCUT2D eigenvalue weighted by molar-refractivity contribution is 5.80. The average molecular weight is 276 g/mol. The van der Waals surface area contributed by atoms with Crippen molar-refractivity contribution in [1.29, 1.82) is 0 Å². The van der Waals surface area contributed by atoms with Crippen LogP contribution in [-0.4, -0.2) is 28.6 Å². The van der Waals surface area contributed by atoms with E-state index in [1.807, 2.05) is 4.90 Å². The number of nitro groups is 1. The van der Waals surface area contributed by atoms with Gasteiger partial charge in [-0.05, 0) is 36.8 Å². The molecule has 1 aliphatic carbocycles. The molecule has 0 spiro atoms. The van der Waals surface area contributed by atoms with Crippen LogP contribution in [0.4, 0.5) is 11.4 Å². The molecule has 1 heterocycles. The fraction of sp³-hybridized carbons (Fsp3) is 0.500. The zero-order chi connectivity index (χ0) is 14.3. The van der Waals surface area contributed by atoms with Crippen molar-refractivity contribution in [3.05, 3.63) is 34.4 Å². The van der Waals surface area contributed by atoms with Gasteiger partial charge in [-0.2, -0.15) is 0 Å². The van der Waals surface area contributed by atoms with Crippen LogP contribution in [0.25, 0.3) is 0 Å². The molecular formula is C14H16N2O4. The van der Waals surface area contributed by atoms with E-state index in [0.29, 0.717) is 5.92 Å². The van der Waals surface area contributed by atoms with Crippen LogP contribution in [0.15, 0.2) is 24.3 Å². The number of carboxylic acid groups (broad SMARTS) is 1. The summed E-state index contributed by atoms with van der Waals surface area (Å²) in [6.07, 6.45) is 3.15. The molecule has 6 heteroatoms. The van der Waals surface area contributed by atoms with Crippen LogP contribution in [0.3, 0.4) is 0 Å². The number of carboxylic acids is 1. The lowest BCUT2D eigenvalue weighted by Gasteiger charge is -2.26. The van der Waals surface area contributed by atoms with E-state index in [1.54, 1.807) is 12.1 Å². The van der Waals surface area contributed by atoms with Crippen LogP contribution >= 0.6 is 0 Å². The van der Waals surface area contributed by atoms with Gasteiger partial charge in [-0.25, -0.2) is 4.79 Å². The van der Waals surface area contributed by atoms with Crippen molar-refractivity contribution < 1.29 is 14.8 Å². The highest BCUT2D eigenvalue weighted by Crippen LogP contribution is 2.44. The van der Waals surface area contributed by atoms with E-state index in [1.165, 1.54) is 12.1 Å². The summed E-state index contributed by atoms with van der Waals surface area (Å²) in [5, 5.41) is 20.1. The normalized spacial score (nSPS) is 28.4. The van der Waals surface area contributed by atoms with Crippen molar-refractivity contribution in [3.63, 3.8) is 0 Å². The highest BCUT2D eigenvalue weighted by atomic mass is 16.6. The molecule has 3 unspecified atom stereocenters. The number of aliphatic carboxylic acids is 1. The van der Waals surface area contributed by atoms with Gasteiger partial charge in [-0.3, -0.25) is 10.1 Å². The summed E-state index contributed by atoms with van der Waals surface area (Å²) in [6, 6.07) is 5.67. The van der Waals surface area contributed by atoms with E-state index < -0.39 is 16.9 Å². The third-order valence-corrected chi connectivity index (χ3v) is 4.54. The maximum atomic E-state index is 11.6. The highest BCUT2D eigenvalue weighted by Gasteiger charge is 2.47. The van der Waals surface area contributed by atoms with Gasteiger partial charge < -0.3 is 10.0 Å². The number of benzene rings is 1. The number of hydrogen-bond donors (Lipinski definition) is 1. The van der Waals surface area contributed by atoms with E-state index >= 15 is 0 Å². The summed E-state index contributed by atoms with van der Waals surface area (Å²) >= 11 is 0. The second-order valence-corrected chi connectivity index (χ2v) is 5.56. The second-order valence-electron chi connectivity index (χ2n) is 5.56. The number of nitrogens with zero attached hydrogens (tertiary/aromatic N) is 2. The molecule has 20 heavy (non-hydrogen) atoms. The molecule has 3 atom stereocenters. The van der Waals surface area contributed by atoms with Gasteiger partial charge in [0.15, 0.2) is 0 Å². The Balaban J connectivity index is 1.88. The molecule has 6 nitrogen and oxygen atoms in total. The summed E-state index contributed by atoms with van der Waals surface area (Å²) in [5.41, 5.74) is 0.789. The Bertz CT molecular complexity index is 543. The van der Waals surface area contributed by atoms with Crippen LogP contribution in [-0.2, 0) is 4.79 Å². The first-order valence-corrected chi connectivity index (χ1v) is 6.82. The van der Waals surface area contributed by atoms with Gasteiger partial charge in [0.25, 0.3) is 5.69 Å². The Morgan fingerprint density at radius 3 is 2.60 bits per heavy atom. The molecule has 1 aromatic carbocycles. The van der Waals surface area contributed by atoms with Crippen molar-refractivity contribution in [1.82, 2.24) is 0 Å². The maximum Gasteiger partial charge on any atom is 0.326 e. The van der Waals surface area contributed by atoms with Crippen LogP contribution in [0.5, 0.6) is 0 Å². The summed E-state index contributed by atoms with van der Waals surface area (Å²) < 4.78 is 0. The van der Waals surface area contributed by atoms with Crippen LogP contribution in [0.1, 0.15) is 19.3 Å². The molecular weight excluding hydrogens is 260 g/mol. The first-order valence-electron chi connectivity index (χ1n) is 6.82. The quantitative estimate of drug-likeness (QED) is 0.676. The van der Waals surface area contributed by atoms with Crippen molar-refractivity contribution in [2.45, 2.75) is 25.3 Å². The zero-order valence-electron chi connectivity index (χ0n) is 10.9. The molecule has 0 aromatic heterocycles. The van der Waals surface area contributed by atoms with Crippen LogP contribution < -0.4 is 4.90 Å². The Morgan fingerprint density at radius 1 is 1.30 bits per heavy atom. The minimum atomic E-state index is -0.794. The maximum absolute atomic E-state index is 11.6. The van der Waals surface area contributed by atoms with Crippen LogP contribution in [0, 0.1) is 22.0 Å². The van der Waals surface area contributed by atoms with E-state index in [4.69, 9.17) is 0 Å². The molecule has 1 saturated heterocycles. The number of carbonyl (C=O) groups is 1. The van der Waals surface area contributed by atoms with Gasteiger partial charge >= 0.3 is 5.97 Å². The number of non-ortho nitro benzene ring substituents is 1. The Labute approximate surface area is 116 Å². The van der Waals surface area contributed by atoms with Crippen LogP contribution in [0.2, 0.25) is 0 Å². The van der Waals surface area contributed by atoms with Crippen molar-refractivity contribution >= 4 is 17.3 Å². The third-order valence-electron chi connectivity index (χ3n) is 4.54. The molecule has 1 aliphatic heterocycles. The van der Waals surface area contributed by atoms with Crippen molar-refractivity contribution in [2.24, 2.45) is 11.8 Å². The van der Waals surface area contributed by atoms with Gasteiger partial charge in [0, 0.05) is 24.4 Å². The standard InChI is InChI=1S/C14H16N2O4/c17-14(18)13-12-3-1-2-9(12)8-15(13)10-4-6-11(7-5-10)16(19)20/h4-7,9,12-13H,1-3,8H2,(H,17,18). The van der Waals surface area contributed by atoms with Gasteiger partial charge in [0.2, 0.25) is 0 Å².